The van der Waals surface area contributed by atoms with Crippen molar-refractivity contribution in [1.29, 1.82) is 0 Å². The van der Waals surface area contributed by atoms with Gasteiger partial charge in [0, 0.05) is 26.4 Å². The molecule has 0 aliphatic rings. The molecular weight excluding hydrogens is 384 g/mol. The minimum absolute atomic E-state index is 0.101. The summed E-state index contributed by atoms with van der Waals surface area (Å²) in [5, 5.41) is 13.5. The summed E-state index contributed by atoms with van der Waals surface area (Å²) in [4.78, 5) is 22.8. The van der Waals surface area contributed by atoms with Crippen molar-refractivity contribution in [1.82, 2.24) is 9.97 Å². The van der Waals surface area contributed by atoms with Crippen molar-refractivity contribution in [3.8, 4) is 0 Å². The molecule has 0 saturated heterocycles. The van der Waals surface area contributed by atoms with E-state index in [2.05, 4.69) is 15.3 Å². The van der Waals surface area contributed by atoms with Crippen molar-refractivity contribution >= 4 is 29.5 Å². The molecule has 3 rings (SSSR count). The minimum atomic E-state index is -1.04. The predicted molar refractivity (Wildman–Crippen MR) is 118 cm³/mol. The molecule has 0 spiro atoms. The zero-order valence-corrected chi connectivity index (χ0v) is 17.5. The molecule has 0 saturated carbocycles. The molecule has 0 unspecified atom stereocenters. The van der Waals surface area contributed by atoms with Crippen LogP contribution in [0.25, 0.3) is 0 Å². The topological polar surface area (TPSA) is 78.4 Å². The maximum absolute atomic E-state index is 12.0. The summed E-state index contributed by atoms with van der Waals surface area (Å²) in [6, 6.07) is 18.0. The summed E-state index contributed by atoms with van der Waals surface area (Å²) in [6.07, 6.45) is 0. The lowest BCUT2D eigenvalue weighted by molar-refractivity contribution is 0.0693. The molecule has 29 heavy (non-hydrogen) atoms. The molecule has 0 radical (unpaired) electrons. The van der Waals surface area contributed by atoms with E-state index in [1.54, 1.807) is 4.90 Å². The van der Waals surface area contributed by atoms with Crippen molar-refractivity contribution in [2.24, 2.45) is 0 Å². The van der Waals surface area contributed by atoms with Crippen LogP contribution < -0.4 is 10.2 Å². The van der Waals surface area contributed by atoms with Gasteiger partial charge in [0.05, 0.1) is 0 Å². The van der Waals surface area contributed by atoms with Crippen LogP contribution in [0.4, 0.5) is 11.8 Å². The monoisotopic (exact) mass is 408 g/mol. The van der Waals surface area contributed by atoms with E-state index in [0.717, 1.165) is 11.1 Å². The maximum atomic E-state index is 12.0. The summed E-state index contributed by atoms with van der Waals surface area (Å²) in [6.45, 7) is 2.51. The Kier molecular flexibility index (Phi) is 6.72. The third-order valence-electron chi connectivity index (χ3n) is 4.28. The predicted octanol–water partition coefficient (Wildman–Crippen LogP) is 4.45. The Morgan fingerprint density at radius 1 is 1.03 bits per heavy atom. The number of carboxylic acid groups (broad SMARTS) is 1. The molecule has 0 bridgehead atoms. The lowest BCUT2D eigenvalue weighted by atomic mass is 10.1. The number of rotatable bonds is 8. The highest BCUT2D eigenvalue weighted by molar-refractivity contribution is 7.98. The number of hydrogen-bond acceptors (Lipinski definition) is 6. The van der Waals surface area contributed by atoms with Gasteiger partial charge in [0.1, 0.15) is 16.4 Å². The van der Waals surface area contributed by atoms with E-state index in [-0.39, 0.29) is 5.56 Å². The zero-order chi connectivity index (χ0) is 20.8. The molecular formula is C22H24N4O2S. The van der Waals surface area contributed by atoms with Gasteiger partial charge in [0.25, 0.3) is 0 Å². The average molecular weight is 409 g/mol. The SMILES string of the molecule is Cc1ccc(CNc2nc(N(C)C)nc(SCc3ccccc3)c2C(=O)O)cc1. The molecule has 2 aromatic carbocycles. The number of carboxylic acids is 1. The standard InChI is InChI=1S/C22H24N4O2S/c1-15-9-11-16(12-10-15)13-23-19-18(21(27)28)20(25-22(24-19)26(2)3)29-14-17-7-5-4-6-8-17/h4-12H,13-14H2,1-3H3,(H,27,28)(H,23,24,25). The fraction of sp³-hybridized carbons (Fsp3) is 0.227. The summed E-state index contributed by atoms with van der Waals surface area (Å²) in [5.74, 6) is 0.379. The average Bonchev–Trinajstić information content (AvgIpc) is 2.71. The number of aromatic nitrogens is 2. The first-order valence-corrected chi connectivity index (χ1v) is 10.2. The Morgan fingerprint density at radius 2 is 1.72 bits per heavy atom. The molecule has 0 aliphatic carbocycles. The molecule has 6 nitrogen and oxygen atoms in total. The number of hydrogen-bond donors (Lipinski definition) is 2. The van der Waals surface area contributed by atoms with Gasteiger partial charge in [-0.1, -0.05) is 60.2 Å². The second-order valence-electron chi connectivity index (χ2n) is 6.87. The number of benzene rings is 2. The molecule has 3 aromatic rings. The van der Waals surface area contributed by atoms with E-state index in [0.29, 0.717) is 29.1 Å². The fourth-order valence-electron chi connectivity index (χ4n) is 2.67. The van der Waals surface area contributed by atoms with Crippen molar-refractivity contribution in [3.05, 3.63) is 76.9 Å². The molecule has 1 aromatic heterocycles. The van der Waals surface area contributed by atoms with Gasteiger partial charge < -0.3 is 15.3 Å². The van der Waals surface area contributed by atoms with E-state index in [1.165, 1.54) is 17.3 Å². The van der Waals surface area contributed by atoms with Crippen LogP contribution in [-0.2, 0) is 12.3 Å². The summed E-state index contributed by atoms with van der Waals surface area (Å²) in [7, 11) is 3.68. The third kappa shape index (κ3) is 5.48. The lowest BCUT2D eigenvalue weighted by Gasteiger charge is -2.17. The van der Waals surface area contributed by atoms with Crippen LogP contribution in [0.1, 0.15) is 27.0 Å². The third-order valence-corrected chi connectivity index (χ3v) is 5.32. The number of thioether (sulfide) groups is 1. The normalized spacial score (nSPS) is 10.6. The van der Waals surface area contributed by atoms with Crippen molar-refractivity contribution < 1.29 is 9.90 Å². The van der Waals surface area contributed by atoms with Gasteiger partial charge in [-0.05, 0) is 18.1 Å². The first kappa shape index (κ1) is 20.7. The van der Waals surface area contributed by atoms with E-state index in [9.17, 15) is 9.90 Å². The van der Waals surface area contributed by atoms with Crippen LogP contribution in [0.3, 0.4) is 0 Å². The van der Waals surface area contributed by atoms with Crippen molar-refractivity contribution in [3.63, 3.8) is 0 Å². The summed E-state index contributed by atoms with van der Waals surface area (Å²) in [5.41, 5.74) is 3.43. The molecule has 0 amide bonds. The van der Waals surface area contributed by atoms with E-state index in [1.807, 2.05) is 75.6 Å². The van der Waals surface area contributed by atoms with Crippen LogP contribution in [-0.4, -0.2) is 35.1 Å². The highest BCUT2D eigenvalue weighted by atomic mass is 32.2. The second-order valence-corrected chi connectivity index (χ2v) is 7.83. The quantitative estimate of drug-likeness (QED) is 0.421. The van der Waals surface area contributed by atoms with Gasteiger partial charge in [0.15, 0.2) is 0 Å². The van der Waals surface area contributed by atoms with Crippen LogP contribution in [0.2, 0.25) is 0 Å². The first-order chi connectivity index (χ1) is 13.9. The van der Waals surface area contributed by atoms with Gasteiger partial charge in [-0.15, -0.1) is 11.8 Å². The van der Waals surface area contributed by atoms with Gasteiger partial charge >= 0.3 is 5.97 Å². The summed E-state index contributed by atoms with van der Waals surface area (Å²) < 4.78 is 0. The molecule has 1 heterocycles. The van der Waals surface area contributed by atoms with Crippen molar-refractivity contribution in [2.75, 3.05) is 24.3 Å². The Balaban J connectivity index is 1.91. The van der Waals surface area contributed by atoms with Gasteiger partial charge in [-0.25, -0.2) is 9.78 Å². The number of nitrogens with one attached hydrogen (secondary N) is 1. The number of carbonyl (C=O) groups is 1. The molecule has 7 heteroatoms. The van der Waals surface area contributed by atoms with Crippen LogP contribution >= 0.6 is 11.8 Å². The zero-order valence-electron chi connectivity index (χ0n) is 16.7. The van der Waals surface area contributed by atoms with Gasteiger partial charge in [-0.3, -0.25) is 0 Å². The van der Waals surface area contributed by atoms with Crippen LogP contribution in [0.15, 0.2) is 59.6 Å². The largest absolute Gasteiger partial charge is 0.477 e. The number of nitrogens with zero attached hydrogens (tertiary/aromatic N) is 3. The fourth-order valence-corrected chi connectivity index (χ4v) is 3.64. The smallest absolute Gasteiger partial charge is 0.342 e. The molecule has 0 fully saturated rings. The molecule has 2 N–H and O–H groups in total. The molecule has 0 atom stereocenters. The van der Waals surface area contributed by atoms with Gasteiger partial charge in [-0.2, -0.15) is 4.98 Å². The molecule has 0 aliphatic heterocycles. The lowest BCUT2D eigenvalue weighted by Crippen LogP contribution is -2.18. The highest BCUT2D eigenvalue weighted by Crippen LogP contribution is 2.30. The van der Waals surface area contributed by atoms with E-state index < -0.39 is 5.97 Å². The Morgan fingerprint density at radius 3 is 2.34 bits per heavy atom. The Labute approximate surface area is 175 Å². The Bertz CT molecular complexity index is 976. The number of aryl methyl sites for hydroxylation is 1. The van der Waals surface area contributed by atoms with Crippen LogP contribution in [0, 0.1) is 6.92 Å². The van der Waals surface area contributed by atoms with E-state index >= 15 is 0 Å². The van der Waals surface area contributed by atoms with Crippen molar-refractivity contribution in [2.45, 2.75) is 24.2 Å². The molecule has 150 valence electrons. The maximum Gasteiger partial charge on any atom is 0.342 e. The van der Waals surface area contributed by atoms with Crippen LogP contribution in [0.5, 0.6) is 0 Å². The number of anilines is 2. The Hall–Kier alpha value is -3.06. The second kappa shape index (κ2) is 9.43. The first-order valence-electron chi connectivity index (χ1n) is 9.23. The number of aromatic carboxylic acids is 1. The highest BCUT2D eigenvalue weighted by Gasteiger charge is 2.22. The minimum Gasteiger partial charge on any atom is -0.477 e. The van der Waals surface area contributed by atoms with Gasteiger partial charge in [0.2, 0.25) is 5.95 Å². The summed E-state index contributed by atoms with van der Waals surface area (Å²) >= 11 is 1.40. The van der Waals surface area contributed by atoms with E-state index in [4.69, 9.17) is 0 Å².